The molecule has 12 heavy (non-hydrogen) atoms. The molecule has 0 aliphatic rings. The van der Waals surface area contributed by atoms with Crippen molar-refractivity contribution in [3.8, 4) is 0 Å². The molecule has 0 aromatic carbocycles. The number of hydrogen-bond donors (Lipinski definition) is 1. The average molecular weight is 167 g/mol. The highest BCUT2D eigenvalue weighted by Crippen LogP contribution is 2.15. The third-order valence-corrected chi connectivity index (χ3v) is 2.04. The van der Waals surface area contributed by atoms with Gasteiger partial charge < -0.3 is 10.2 Å². The maximum atomic E-state index is 5.41. The number of aryl methyl sites for hydroxylation is 3. The van der Waals surface area contributed by atoms with Crippen LogP contribution >= 0.6 is 0 Å². The molecule has 1 rings (SSSR count). The maximum absolute atomic E-state index is 5.41. The first-order valence-corrected chi connectivity index (χ1v) is 4.50. The van der Waals surface area contributed by atoms with Crippen molar-refractivity contribution in [3.63, 3.8) is 0 Å². The van der Waals surface area contributed by atoms with Gasteiger partial charge in [0, 0.05) is 0 Å². The average Bonchev–Trinajstić information content (AvgIpc) is 2.31. The predicted molar refractivity (Wildman–Crippen MR) is 50.2 cm³/mol. The molecule has 2 heteroatoms. The molecule has 0 spiro atoms. The van der Waals surface area contributed by atoms with Crippen LogP contribution in [0.1, 0.15) is 29.9 Å². The van der Waals surface area contributed by atoms with Crippen LogP contribution < -0.4 is 5.73 Å². The van der Waals surface area contributed by atoms with E-state index in [0.29, 0.717) is 0 Å². The van der Waals surface area contributed by atoms with E-state index in [9.17, 15) is 0 Å². The molecule has 0 aliphatic heterocycles. The topological polar surface area (TPSA) is 39.2 Å². The zero-order chi connectivity index (χ0) is 8.97. The number of rotatable bonds is 4. The first-order valence-electron chi connectivity index (χ1n) is 4.50. The van der Waals surface area contributed by atoms with Crippen LogP contribution in [0.15, 0.2) is 10.5 Å². The first-order chi connectivity index (χ1) is 5.74. The van der Waals surface area contributed by atoms with Crippen molar-refractivity contribution in [1.29, 1.82) is 0 Å². The molecule has 0 fully saturated rings. The molecule has 0 aliphatic carbocycles. The van der Waals surface area contributed by atoms with Gasteiger partial charge >= 0.3 is 0 Å². The summed E-state index contributed by atoms with van der Waals surface area (Å²) >= 11 is 0. The van der Waals surface area contributed by atoms with E-state index in [-0.39, 0.29) is 0 Å². The molecule has 0 saturated carbocycles. The lowest BCUT2D eigenvalue weighted by Gasteiger charge is -1.96. The number of nitrogens with two attached hydrogens (primary N) is 1. The maximum Gasteiger partial charge on any atom is 0.104 e. The number of hydrogen-bond acceptors (Lipinski definition) is 2. The molecular weight excluding hydrogens is 150 g/mol. The Morgan fingerprint density at radius 1 is 1.33 bits per heavy atom. The summed E-state index contributed by atoms with van der Waals surface area (Å²) in [5, 5.41) is 0. The summed E-state index contributed by atoms with van der Waals surface area (Å²) in [6.45, 7) is 4.79. The van der Waals surface area contributed by atoms with Gasteiger partial charge in [0.05, 0.1) is 0 Å². The Hall–Kier alpha value is -0.760. The zero-order valence-electron chi connectivity index (χ0n) is 7.89. The molecule has 0 radical (unpaired) electrons. The molecule has 68 valence electrons. The zero-order valence-corrected chi connectivity index (χ0v) is 7.89. The standard InChI is InChI=1S/C10H17NO/c1-8-7-10(9(2)12-8)5-3-4-6-11/h7H,3-6,11H2,1-2H3. The largest absolute Gasteiger partial charge is 0.466 e. The van der Waals surface area contributed by atoms with Crippen LogP contribution in [0.4, 0.5) is 0 Å². The third-order valence-electron chi connectivity index (χ3n) is 2.04. The summed E-state index contributed by atoms with van der Waals surface area (Å²) in [5.41, 5.74) is 6.75. The molecule has 0 atom stereocenters. The van der Waals surface area contributed by atoms with Gasteiger partial charge in [0.1, 0.15) is 11.5 Å². The molecule has 0 bridgehead atoms. The van der Waals surface area contributed by atoms with Gasteiger partial charge in [-0.3, -0.25) is 0 Å². The van der Waals surface area contributed by atoms with Crippen molar-refractivity contribution in [2.45, 2.75) is 33.1 Å². The summed E-state index contributed by atoms with van der Waals surface area (Å²) in [4.78, 5) is 0. The van der Waals surface area contributed by atoms with E-state index in [2.05, 4.69) is 6.07 Å². The molecule has 1 heterocycles. The molecular formula is C10H17NO. The summed E-state index contributed by atoms with van der Waals surface area (Å²) in [5.74, 6) is 2.07. The Labute approximate surface area is 73.8 Å². The lowest BCUT2D eigenvalue weighted by molar-refractivity contribution is 0.500. The van der Waals surface area contributed by atoms with E-state index in [4.69, 9.17) is 10.2 Å². The van der Waals surface area contributed by atoms with Crippen molar-refractivity contribution < 1.29 is 4.42 Å². The van der Waals surface area contributed by atoms with Crippen LogP contribution in [0, 0.1) is 13.8 Å². The Morgan fingerprint density at radius 3 is 2.58 bits per heavy atom. The van der Waals surface area contributed by atoms with Crippen LogP contribution in [-0.4, -0.2) is 6.54 Å². The minimum absolute atomic E-state index is 0.788. The Kier molecular flexibility index (Phi) is 3.35. The lowest BCUT2D eigenvalue weighted by Crippen LogP contribution is -1.98. The van der Waals surface area contributed by atoms with E-state index in [1.54, 1.807) is 0 Å². The highest BCUT2D eigenvalue weighted by atomic mass is 16.3. The number of furan rings is 1. The lowest BCUT2D eigenvalue weighted by atomic mass is 10.1. The smallest absolute Gasteiger partial charge is 0.104 e. The molecule has 0 unspecified atom stereocenters. The van der Waals surface area contributed by atoms with Crippen LogP contribution in [0.2, 0.25) is 0 Å². The van der Waals surface area contributed by atoms with Crippen molar-refractivity contribution >= 4 is 0 Å². The fourth-order valence-corrected chi connectivity index (χ4v) is 1.39. The predicted octanol–water partition coefficient (Wildman–Crippen LogP) is 2.18. The molecule has 0 amide bonds. The second-order valence-corrected chi connectivity index (χ2v) is 3.18. The van der Waals surface area contributed by atoms with E-state index in [1.165, 1.54) is 5.56 Å². The van der Waals surface area contributed by atoms with E-state index < -0.39 is 0 Å². The monoisotopic (exact) mass is 167 g/mol. The van der Waals surface area contributed by atoms with Gasteiger partial charge in [-0.25, -0.2) is 0 Å². The van der Waals surface area contributed by atoms with E-state index in [1.807, 2.05) is 13.8 Å². The van der Waals surface area contributed by atoms with Crippen molar-refractivity contribution in [2.75, 3.05) is 6.54 Å². The second-order valence-electron chi connectivity index (χ2n) is 3.18. The van der Waals surface area contributed by atoms with Crippen molar-refractivity contribution in [1.82, 2.24) is 0 Å². The summed E-state index contributed by atoms with van der Waals surface area (Å²) in [6, 6.07) is 2.12. The second kappa shape index (κ2) is 4.31. The van der Waals surface area contributed by atoms with Gasteiger partial charge in [-0.05, 0) is 51.3 Å². The summed E-state index contributed by atoms with van der Waals surface area (Å²) in [7, 11) is 0. The van der Waals surface area contributed by atoms with Crippen molar-refractivity contribution in [3.05, 3.63) is 23.2 Å². The van der Waals surface area contributed by atoms with E-state index >= 15 is 0 Å². The Morgan fingerprint density at radius 2 is 2.08 bits per heavy atom. The van der Waals surface area contributed by atoms with E-state index in [0.717, 1.165) is 37.3 Å². The van der Waals surface area contributed by atoms with Gasteiger partial charge in [0.15, 0.2) is 0 Å². The van der Waals surface area contributed by atoms with Gasteiger partial charge in [-0.1, -0.05) is 0 Å². The molecule has 1 aromatic rings. The van der Waals surface area contributed by atoms with Crippen molar-refractivity contribution in [2.24, 2.45) is 5.73 Å². The quantitative estimate of drug-likeness (QED) is 0.698. The summed E-state index contributed by atoms with van der Waals surface area (Å²) < 4.78 is 5.41. The third kappa shape index (κ3) is 2.38. The molecule has 1 aromatic heterocycles. The minimum Gasteiger partial charge on any atom is -0.466 e. The highest BCUT2D eigenvalue weighted by molar-refractivity contribution is 5.19. The molecule has 2 nitrogen and oxygen atoms in total. The number of unbranched alkanes of at least 4 members (excludes halogenated alkanes) is 1. The van der Waals surface area contributed by atoms with Crippen LogP contribution in [0.3, 0.4) is 0 Å². The fraction of sp³-hybridized carbons (Fsp3) is 0.600. The van der Waals surface area contributed by atoms with Gasteiger partial charge in [0.2, 0.25) is 0 Å². The van der Waals surface area contributed by atoms with Crippen LogP contribution in [-0.2, 0) is 6.42 Å². The van der Waals surface area contributed by atoms with Crippen LogP contribution in [0.5, 0.6) is 0 Å². The van der Waals surface area contributed by atoms with Gasteiger partial charge in [-0.15, -0.1) is 0 Å². The summed E-state index contributed by atoms with van der Waals surface area (Å²) in [6.07, 6.45) is 3.36. The van der Waals surface area contributed by atoms with Gasteiger partial charge in [-0.2, -0.15) is 0 Å². The minimum atomic E-state index is 0.788. The van der Waals surface area contributed by atoms with Crippen LogP contribution in [0.25, 0.3) is 0 Å². The Balaban J connectivity index is 2.45. The SMILES string of the molecule is Cc1cc(CCCCN)c(C)o1. The van der Waals surface area contributed by atoms with Gasteiger partial charge in [0.25, 0.3) is 0 Å². The highest BCUT2D eigenvalue weighted by Gasteiger charge is 2.02. The Bertz CT molecular complexity index is 240. The normalized spacial score (nSPS) is 10.6. The fourth-order valence-electron chi connectivity index (χ4n) is 1.39. The molecule has 0 saturated heterocycles. The molecule has 2 N–H and O–H groups in total. The first kappa shape index (κ1) is 9.33.